The number of benzene rings is 1. The molecule has 0 aromatic heterocycles. The maximum absolute atomic E-state index is 12.7. The van der Waals surface area contributed by atoms with Crippen LogP contribution in [0.1, 0.15) is 30.5 Å². The van der Waals surface area contributed by atoms with Crippen LogP contribution in [-0.2, 0) is 22.0 Å². The molecule has 1 amide bonds. The molecule has 7 heteroatoms. The third-order valence-electron chi connectivity index (χ3n) is 4.91. The molecule has 0 bridgehead atoms. The van der Waals surface area contributed by atoms with Crippen molar-refractivity contribution in [1.29, 1.82) is 0 Å². The molecular formula is C21H23NO5S. The first-order valence-corrected chi connectivity index (χ1v) is 10.5. The summed E-state index contributed by atoms with van der Waals surface area (Å²) >= 11 is 0. The van der Waals surface area contributed by atoms with Crippen LogP contribution in [0.25, 0.3) is 11.1 Å². The molecule has 2 atom stereocenters. The van der Waals surface area contributed by atoms with Gasteiger partial charge in [0, 0.05) is 18.7 Å². The van der Waals surface area contributed by atoms with Crippen molar-refractivity contribution >= 4 is 16.7 Å². The van der Waals surface area contributed by atoms with E-state index in [1.54, 1.807) is 26.4 Å². The molecular weight excluding hydrogens is 378 g/mol. The zero-order valence-electron chi connectivity index (χ0n) is 16.3. The van der Waals surface area contributed by atoms with E-state index in [1.807, 2.05) is 12.1 Å². The Hall–Kier alpha value is -2.67. The van der Waals surface area contributed by atoms with E-state index in [1.165, 1.54) is 19.2 Å². The number of rotatable bonds is 4. The van der Waals surface area contributed by atoms with Crippen LogP contribution >= 0.6 is 0 Å². The van der Waals surface area contributed by atoms with Crippen LogP contribution in [0.5, 0.6) is 11.5 Å². The van der Waals surface area contributed by atoms with Gasteiger partial charge in [-0.2, -0.15) is 0 Å². The molecule has 0 saturated heterocycles. The average Bonchev–Trinajstić information content (AvgIpc) is 2.90. The second-order valence-electron chi connectivity index (χ2n) is 6.66. The van der Waals surface area contributed by atoms with Crippen molar-refractivity contribution < 1.29 is 18.5 Å². The minimum atomic E-state index is -1.42. The number of hydrogen-bond acceptors (Lipinski definition) is 5. The van der Waals surface area contributed by atoms with Gasteiger partial charge in [0.15, 0.2) is 16.9 Å². The first-order valence-electron chi connectivity index (χ1n) is 8.90. The van der Waals surface area contributed by atoms with Gasteiger partial charge in [-0.25, -0.2) is 0 Å². The summed E-state index contributed by atoms with van der Waals surface area (Å²) < 4.78 is 23.1. The van der Waals surface area contributed by atoms with Gasteiger partial charge in [-0.3, -0.25) is 13.8 Å². The number of methoxy groups -OCH3 is 2. The minimum Gasteiger partial charge on any atom is -0.493 e. The van der Waals surface area contributed by atoms with Crippen molar-refractivity contribution in [3.8, 4) is 22.6 Å². The Bertz CT molecular complexity index is 1020. The molecule has 0 heterocycles. The van der Waals surface area contributed by atoms with Crippen LogP contribution in [0.2, 0.25) is 0 Å². The topological polar surface area (TPSA) is 81.7 Å². The lowest BCUT2D eigenvalue weighted by Crippen LogP contribution is -2.26. The smallest absolute Gasteiger partial charge is 0.217 e. The van der Waals surface area contributed by atoms with E-state index in [0.717, 1.165) is 16.7 Å². The molecule has 2 aromatic carbocycles. The number of nitrogens with one attached hydrogen (secondary N) is 1. The fourth-order valence-electron chi connectivity index (χ4n) is 3.70. The molecule has 2 aromatic rings. The number of carbonyl (C=O) groups is 1. The molecule has 6 nitrogen and oxygen atoms in total. The van der Waals surface area contributed by atoms with Gasteiger partial charge in [0.2, 0.25) is 5.91 Å². The normalized spacial score (nSPS) is 16.2. The largest absolute Gasteiger partial charge is 0.493 e. The molecule has 3 rings (SSSR count). The number of ether oxygens (including phenoxy) is 2. The van der Waals surface area contributed by atoms with Gasteiger partial charge in [-0.05, 0) is 47.7 Å². The highest BCUT2D eigenvalue weighted by molar-refractivity contribution is 7.84. The van der Waals surface area contributed by atoms with Crippen molar-refractivity contribution in [2.75, 3.05) is 20.5 Å². The standard InChI is InChI=1S/C21H23NO5S/c1-12(23)22-16-8-5-13-6-9-18(26-2)21(27-3)20(13)14-7-10-19(28(4)25)17(24)11-15(14)16/h6-7,9-11,16H,5,8H2,1-4H3,(H,22,23). The Morgan fingerprint density at radius 1 is 1.18 bits per heavy atom. The summed E-state index contributed by atoms with van der Waals surface area (Å²) in [6, 6.07) is 8.35. The summed E-state index contributed by atoms with van der Waals surface area (Å²) in [6.45, 7) is 1.45. The van der Waals surface area contributed by atoms with Crippen LogP contribution in [0.15, 0.2) is 40.0 Å². The predicted octanol–water partition coefficient (Wildman–Crippen LogP) is 2.59. The molecule has 0 saturated carbocycles. The number of amides is 1. The van der Waals surface area contributed by atoms with Gasteiger partial charge in [-0.15, -0.1) is 0 Å². The lowest BCUT2D eigenvalue weighted by Gasteiger charge is -2.18. The van der Waals surface area contributed by atoms with E-state index in [0.29, 0.717) is 29.9 Å². The predicted molar refractivity (Wildman–Crippen MR) is 108 cm³/mol. The molecule has 1 N–H and O–H groups in total. The zero-order valence-corrected chi connectivity index (χ0v) is 17.1. The Labute approximate surface area is 166 Å². The van der Waals surface area contributed by atoms with Crippen molar-refractivity contribution in [1.82, 2.24) is 5.32 Å². The van der Waals surface area contributed by atoms with E-state index in [9.17, 15) is 13.8 Å². The Balaban J connectivity index is 2.40. The summed E-state index contributed by atoms with van der Waals surface area (Å²) in [5.74, 6) is 0.977. The van der Waals surface area contributed by atoms with E-state index < -0.39 is 10.8 Å². The summed E-state index contributed by atoms with van der Waals surface area (Å²) in [4.78, 5) is 24.7. The van der Waals surface area contributed by atoms with Gasteiger partial charge in [0.1, 0.15) is 0 Å². The van der Waals surface area contributed by atoms with Gasteiger partial charge in [0.05, 0.1) is 36.0 Å². The molecule has 28 heavy (non-hydrogen) atoms. The molecule has 1 aliphatic carbocycles. The second kappa shape index (κ2) is 8.14. The third kappa shape index (κ3) is 3.67. The molecule has 0 radical (unpaired) electrons. The average molecular weight is 401 g/mol. The monoisotopic (exact) mass is 401 g/mol. The molecule has 1 aliphatic rings. The third-order valence-corrected chi connectivity index (χ3v) is 5.86. The first-order chi connectivity index (χ1) is 13.4. The fraction of sp³-hybridized carbons (Fsp3) is 0.333. The van der Waals surface area contributed by atoms with Crippen LogP contribution < -0.4 is 20.2 Å². The first kappa shape index (κ1) is 20.1. The lowest BCUT2D eigenvalue weighted by molar-refractivity contribution is -0.119. The highest BCUT2D eigenvalue weighted by Crippen LogP contribution is 2.45. The number of fused-ring (bicyclic) bond motifs is 3. The molecule has 0 spiro atoms. The van der Waals surface area contributed by atoms with E-state index in [4.69, 9.17) is 9.47 Å². The van der Waals surface area contributed by atoms with E-state index >= 15 is 0 Å². The summed E-state index contributed by atoms with van der Waals surface area (Å²) in [5, 5.41) is 2.94. The van der Waals surface area contributed by atoms with Gasteiger partial charge in [-0.1, -0.05) is 12.1 Å². The van der Waals surface area contributed by atoms with Crippen molar-refractivity contribution in [2.24, 2.45) is 0 Å². The van der Waals surface area contributed by atoms with E-state index in [2.05, 4.69) is 5.32 Å². The highest BCUT2D eigenvalue weighted by atomic mass is 32.2. The van der Waals surface area contributed by atoms with Crippen molar-refractivity contribution in [3.05, 3.63) is 51.7 Å². The van der Waals surface area contributed by atoms with Crippen LogP contribution in [0, 0.1) is 0 Å². The summed E-state index contributed by atoms with van der Waals surface area (Å²) in [7, 11) is 1.72. The maximum atomic E-state index is 12.7. The highest BCUT2D eigenvalue weighted by Gasteiger charge is 2.27. The maximum Gasteiger partial charge on any atom is 0.217 e. The SMILES string of the molecule is COc1ccc2c(c1OC)-c1ccc(S(C)=O)c(=O)cc1C(NC(C)=O)CC2. The minimum absolute atomic E-state index is 0.176. The van der Waals surface area contributed by atoms with Crippen LogP contribution in [0.4, 0.5) is 0 Å². The van der Waals surface area contributed by atoms with Gasteiger partial charge < -0.3 is 14.8 Å². The second-order valence-corrected chi connectivity index (χ2v) is 8.00. The van der Waals surface area contributed by atoms with Crippen molar-refractivity contribution in [3.63, 3.8) is 0 Å². The van der Waals surface area contributed by atoms with Crippen LogP contribution in [0.3, 0.4) is 0 Å². The Morgan fingerprint density at radius 2 is 1.93 bits per heavy atom. The number of hydrogen-bond donors (Lipinski definition) is 1. The van der Waals surface area contributed by atoms with E-state index in [-0.39, 0.29) is 22.3 Å². The fourth-order valence-corrected chi connectivity index (χ4v) is 4.30. The molecule has 0 aliphatic heterocycles. The number of carbonyl (C=O) groups excluding carboxylic acids is 1. The molecule has 148 valence electrons. The summed E-state index contributed by atoms with van der Waals surface area (Å²) in [5.41, 5.74) is 2.98. The van der Waals surface area contributed by atoms with Gasteiger partial charge >= 0.3 is 0 Å². The zero-order chi connectivity index (χ0) is 20.4. The summed E-state index contributed by atoms with van der Waals surface area (Å²) in [6.07, 6.45) is 2.80. The van der Waals surface area contributed by atoms with Crippen molar-refractivity contribution in [2.45, 2.75) is 30.7 Å². The van der Waals surface area contributed by atoms with Crippen LogP contribution in [-0.4, -0.2) is 30.6 Å². The molecule has 2 unspecified atom stereocenters. The Morgan fingerprint density at radius 3 is 2.54 bits per heavy atom. The molecule has 0 fully saturated rings. The van der Waals surface area contributed by atoms with Gasteiger partial charge in [0.25, 0.3) is 0 Å². The number of aryl methyl sites for hydroxylation is 1. The Kier molecular flexibility index (Phi) is 5.84. The lowest BCUT2D eigenvalue weighted by atomic mass is 9.96. The quantitative estimate of drug-likeness (QED) is 0.852.